The largest absolute Gasteiger partial charge is 0.313 e. The summed E-state index contributed by atoms with van der Waals surface area (Å²) in [6.45, 7) is 7.80. The lowest BCUT2D eigenvalue weighted by Gasteiger charge is -2.32. The topological polar surface area (TPSA) is 15.3 Å². The number of benzene rings is 1. The highest BCUT2D eigenvalue weighted by Gasteiger charge is 2.23. The lowest BCUT2D eigenvalue weighted by atomic mass is 10.1. The Morgan fingerprint density at radius 1 is 1.40 bits per heavy atom. The molecule has 2 atom stereocenters. The van der Waals surface area contributed by atoms with Crippen molar-refractivity contribution in [3.05, 3.63) is 33.8 Å². The molecule has 0 saturated carbocycles. The third-order valence-corrected chi connectivity index (χ3v) is 4.65. The van der Waals surface area contributed by atoms with Crippen molar-refractivity contribution < 1.29 is 0 Å². The fourth-order valence-corrected chi connectivity index (χ4v) is 3.53. The van der Waals surface area contributed by atoms with E-state index in [9.17, 15) is 0 Å². The lowest BCUT2D eigenvalue weighted by Crippen LogP contribution is -2.39. The van der Waals surface area contributed by atoms with Crippen molar-refractivity contribution in [1.29, 1.82) is 0 Å². The first-order valence-corrected chi connectivity index (χ1v) is 8.29. The molecule has 112 valence electrons. The summed E-state index contributed by atoms with van der Waals surface area (Å²) in [7, 11) is 0. The van der Waals surface area contributed by atoms with Crippen molar-refractivity contribution >= 4 is 23.2 Å². The van der Waals surface area contributed by atoms with Crippen molar-refractivity contribution in [1.82, 2.24) is 10.2 Å². The second-order valence-electron chi connectivity index (χ2n) is 5.63. The smallest absolute Gasteiger partial charge is 0.0468 e. The second kappa shape index (κ2) is 7.65. The Labute approximate surface area is 132 Å². The van der Waals surface area contributed by atoms with Crippen LogP contribution in [0, 0.1) is 0 Å². The van der Waals surface area contributed by atoms with Crippen molar-refractivity contribution in [2.45, 2.75) is 45.2 Å². The number of nitrogens with one attached hydrogen (secondary N) is 1. The fourth-order valence-electron chi connectivity index (χ4n) is 2.96. The summed E-state index contributed by atoms with van der Waals surface area (Å²) in [6, 6.07) is 6.77. The van der Waals surface area contributed by atoms with Crippen molar-refractivity contribution in [3.8, 4) is 0 Å². The molecule has 1 heterocycles. The van der Waals surface area contributed by atoms with Crippen LogP contribution in [0.3, 0.4) is 0 Å². The molecule has 0 aromatic heterocycles. The van der Waals surface area contributed by atoms with Crippen LogP contribution in [-0.2, 0) is 0 Å². The quantitative estimate of drug-likeness (QED) is 0.830. The summed E-state index contributed by atoms with van der Waals surface area (Å²) in [6.07, 6.45) is 3.73. The van der Waals surface area contributed by atoms with Gasteiger partial charge in [-0.15, -0.1) is 0 Å². The van der Waals surface area contributed by atoms with Gasteiger partial charge in [0.1, 0.15) is 0 Å². The molecule has 2 rings (SSSR count). The van der Waals surface area contributed by atoms with Gasteiger partial charge < -0.3 is 5.32 Å². The summed E-state index contributed by atoms with van der Waals surface area (Å²) < 4.78 is 0. The predicted molar refractivity (Wildman–Crippen MR) is 87.8 cm³/mol. The second-order valence-corrected chi connectivity index (χ2v) is 6.47. The van der Waals surface area contributed by atoms with Crippen LogP contribution >= 0.6 is 23.2 Å². The minimum absolute atomic E-state index is 0.321. The van der Waals surface area contributed by atoms with Gasteiger partial charge in [-0.25, -0.2) is 0 Å². The maximum Gasteiger partial charge on any atom is 0.0468 e. The van der Waals surface area contributed by atoms with Gasteiger partial charge in [0.25, 0.3) is 0 Å². The summed E-state index contributed by atoms with van der Waals surface area (Å²) in [5.41, 5.74) is 1.17. The standard InChI is InChI=1S/C16H24Cl2N2/c1-3-9-20(11-14-5-4-8-19-14)12(2)15-7-6-13(17)10-16(15)18/h6-7,10,12,14,19H,3-5,8-9,11H2,1-2H3. The molecular weight excluding hydrogens is 291 g/mol. The van der Waals surface area contributed by atoms with Gasteiger partial charge in [0, 0.05) is 28.7 Å². The van der Waals surface area contributed by atoms with Crippen LogP contribution in [0.1, 0.15) is 44.7 Å². The van der Waals surface area contributed by atoms with E-state index in [4.69, 9.17) is 23.2 Å². The minimum atomic E-state index is 0.321. The molecule has 2 nitrogen and oxygen atoms in total. The van der Waals surface area contributed by atoms with Gasteiger partial charge in [-0.2, -0.15) is 0 Å². The predicted octanol–water partition coefficient (Wildman–Crippen LogP) is 4.52. The molecule has 1 aliphatic heterocycles. The van der Waals surface area contributed by atoms with Crippen molar-refractivity contribution in [2.75, 3.05) is 19.6 Å². The number of hydrogen-bond donors (Lipinski definition) is 1. The molecule has 2 unspecified atom stereocenters. The highest BCUT2D eigenvalue weighted by molar-refractivity contribution is 6.35. The van der Waals surface area contributed by atoms with Gasteiger partial charge in [0.2, 0.25) is 0 Å². The van der Waals surface area contributed by atoms with Crippen LogP contribution < -0.4 is 5.32 Å². The van der Waals surface area contributed by atoms with Gasteiger partial charge in [0.05, 0.1) is 0 Å². The van der Waals surface area contributed by atoms with E-state index in [1.54, 1.807) is 0 Å². The van der Waals surface area contributed by atoms with E-state index < -0.39 is 0 Å². The molecule has 0 bridgehead atoms. The monoisotopic (exact) mass is 314 g/mol. The molecule has 0 spiro atoms. The van der Waals surface area contributed by atoms with Gasteiger partial charge in [0.15, 0.2) is 0 Å². The van der Waals surface area contributed by atoms with E-state index in [1.807, 2.05) is 12.1 Å². The van der Waals surface area contributed by atoms with Crippen LogP contribution in [0.25, 0.3) is 0 Å². The van der Waals surface area contributed by atoms with Gasteiger partial charge in [-0.1, -0.05) is 36.2 Å². The summed E-state index contributed by atoms with van der Waals surface area (Å²) in [5.74, 6) is 0. The molecule has 1 aromatic carbocycles. The summed E-state index contributed by atoms with van der Waals surface area (Å²) >= 11 is 12.4. The first kappa shape index (κ1) is 16.1. The first-order chi connectivity index (χ1) is 9.61. The normalized spacial score (nSPS) is 20.6. The molecule has 1 fully saturated rings. The van der Waals surface area contributed by atoms with Gasteiger partial charge >= 0.3 is 0 Å². The Hall–Kier alpha value is -0.280. The van der Waals surface area contributed by atoms with E-state index in [2.05, 4.69) is 30.1 Å². The van der Waals surface area contributed by atoms with Gasteiger partial charge in [-0.3, -0.25) is 4.90 Å². The van der Waals surface area contributed by atoms with Crippen molar-refractivity contribution in [3.63, 3.8) is 0 Å². The molecule has 0 radical (unpaired) electrons. The maximum atomic E-state index is 6.36. The Morgan fingerprint density at radius 2 is 2.20 bits per heavy atom. The van der Waals surface area contributed by atoms with E-state index in [0.29, 0.717) is 17.1 Å². The average molecular weight is 315 g/mol. The molecule has 1 aliphatic rings. The molecule has 0 aliphatic carbocycles. The Morgan fingerprint density at radius 3 is 2.80 bits per heavy atom. The van der Waals surface area contributed by atoms with Crippen LogP contribution in [0.15, 0.2) is 18.2 Å². The molecular formula is C16H24Cl2N2. The van der Waals surface area contributed by atoms with Crippen molar-refractivity contribution in [2.24, 2.45) is 0 Å². The summed E-state index contributed by atoms with van der Waals surface area (Å²) in [4.78, 5) is 2.53. The third-order valence-electron chi connectivity index (χ3n) is 4.09. The summed E-state index contributed by atoms with van der Waals surface area (Å²) in [5, 5.41) is 5.05. The zero-order chi connectivity index (χ0) is 14.5. The van der Waals surface area contributed by atoms with Crippen LogP contribution in [0.2, 0.25) is 10.0 Å². The maximum absolute atomic E-state index is 6.36. The Bertz CT molecular complexity index is 430. The zero-order valence-electron chi connectivity index (χ0n) is 12.3. The average Bonchev–Trinajstić information content (AvgIpc) is 2.90. The number of nitrogens with zero attached hydrogens (tertiary/aromatic N) is 1. The molecule has 20 heavy (non-hydrogen) atoms. The van der Waals surface area contributed by atoms with E-state index in [1.165, 1.54) is 18.4 Å². The molecule has 1 aromatic rings. The molecule has 1 saturated heterocycles. The van der Waals surface area contributed by atoms with Crippen LogP contribution in [0.5, 0.6) is 0 Å². The first-order valence-electron chi connectivity index (χ1n) is 7.54. The zero-order valence-corrected chi connectivity index (χ0v) is 13.8. The molecule has 1 N–H and O–H groups in total. The SMILES string of the molecule is CCCN(CC1CCCN1)C(C)c1ccc(Cl)cc1Cl. The number of hydrogen-bond acceptors (Lipinski definition) is 2. The lowest BCUT2D eigenvalue weighted by molar-refractivity contribution is 0.192. The van der Waals surface area contributed by atoms with E-state index >= 15 is 0 Å². The highest BCUT2D eigenvalue weighted by atomic mass is 35.5. The molecule has 4 heteroatoms. The van der Waals surface area contributed by atoms with E-state index in [0.717, 1.165) is 31.1 Å². The third kappa shape index (κ3) is 4.11. The van der Waals surface area contributed by atoms with Crippen LogP contribution in [-0.4, -0.2) is 30.6 Å². The Kier molecular flexibility index (Phi) is 6.16. The number of halogens is 2. The van der Waals surface area contributed by atoms with Crippen LogP contribution in [0.4, 0.5) is 0 Å². The molecule has 0 amide bonds. The van der Waals surface area contributed by atoms with E-state index in [-0.39, 0.29) is 0 Å². The fraction of sp³-hybridized carbons (Fsp3) is 0.625. The minimum Gasteiger partial charge on any atom is -0.313 e. The number of rotatable bonds is 6. The van der Waals surface area contributed by atoms with Gasteiger partial charge in [-0.05, 0) is 57.0 Å². The highest BCUT2D eigenvalue weighted by Crippen LogP contribution is 2.30. The Balaban J connectivity index is 2.10.